The third kappa shape index (κ3) is 4.42. The summed E-state index contributed by atoms with van der Waals surface area (Å²) in [5.41, 5.74) is 0.540. The number of piperidine rings is 1. The molecule has 1 heterocycles. The summed E-state index contributed by atoms with van der Waals surface area (Å²) in [6.45, 7) is 12.0. The van der Waals surface area contributed by atoms with Crippen LogP contribution < -0.4 is 5.32 Å². The summed E-state index contributed by atoms with van der Waals surface area (Å²) >= 11 is 0. The molecule has 0 bridgehead atoms. The van der Waals surface area contributed by atoms with Crippen molar-refractivity contribution in [3.05, 3.63) is 0 Å². The van der Waals surface area contributed by atoms with E-state index in [-0.39, 0.29) is 0 Å². The van der Waals surface area contributed by atoms with E-state index in [0.717, 1.165) is 5.92 Å². The van der Waals surface area contributed by atoms with Crippen LogP contribution in [0.3, 0.4) is 0 Å². The van der Waals surface area contributed by atoms with Gasteiger partial charge in [0.2, 0.25) is 0 Å². The highest BCUT2D eigenvalue weighted by molar-refractivity contribution is 4.83. The quantitative estimate of drug-likeness (QED) is 0.749. The average molecular weight is 226 g/mol. The Kier molecular flexibility index (Phi) is 5.77. The molecule has 0 aromatic carbocycles. The summed E-state index contributed by atoms with van der Waals surface area (Å²) in [7, 11) is 2.23. The molecule has 1 fully saturated rings. The first kappa shape index (κ1) is 14.0. The van der Waals surface area contributed by atoms with Crippen molar-refractivity contribution in [2.45, 2.75) is 46.5 Å². The summed E-state index contributed by atoms with van der Waals surface area (Å²) in [6.07, 6.45) is 5.31. The largest absolute Gasteiger partial charge is 0.316 e. The Morgan fingerprint density at radius 3 is 2.25 bits per heavy atom. The van der Waals surface area contributed by atoms with Crippen molar-refractivity contribution < 1.29 is 0 Å². The minimum atomic E-state index is 0.540. The number of nitrogens with one attached hydrogen (secondary N) is 1. The van der Waals surface area contributed by atoms with E-state index < -0.39 is 0 Å². The first-order chi connectivity index (χ1) is 7.59. The molecule has 1 saturated heterocycles. The van der Waals surface area contributed by atoms with Crippen molar-refractivity contribution in [1.29, 1.82) is 0 Å². The van der Waals surface area contributed by atoms with Gasteiger partial charge < -0.3 is 10.2 Å². The van der Waals surface area contributed by atoms with Crippen LogP contribution in [0.5, 0.6) is 0 Å². The number of nitrogens with zero attached hydrogens (tertiary/aromatic N) is 1. The highest BCUT2D eigenvalue weighted by Gasteiger charge is 2.28. The first-order valence-electron chi connectivity index (χ1n) is 6.99. The van der Waals surface area contributed by atoms with Crippen molar-refractivity contribution >= 4 is 0 Å². The zero-order chi connectivity index (χ0) is 12.0. The maximum atomic E-state index is 3.69. The molecule has 0 saturated carbocycles. The van der Waals surface area contributed by atoms with E-state index in [1.807, 2.05) is 0 Å². The van der Waals surface area contributed by atoms with E-state index in [0.29, 0.717) is 5.41 Å². The van der Waals surface area contributed by atoms with Gasteiger partial charge in [0.25, 0.3) is 0 Å². The fraction of sp³-hybridized carbons (Fsp3) is 1.00. The highest BCUT2D eigenvalue weighted by atomic mass is 15.1. The summed E-state index contributed by atoms with van der Waals surface area (Å²) in [5.74, 6) is 0.870. The number of hydrogen-bond acceptors (Lipinski definition) is 2. The van der Waals surface area contributed by atoms with Crippen LogP contribution in [0.2, 0.25) is 0 Å². The van der Waals surface area contributed by atoms with Gasteiger partial charge in [-0.3, -0.25) is 0 Å². The van der Waals surface area contributed by atoms with E-state index in [9.17, 15) is 0 Å². The van der Waals surface area contributed by atoms with E-state index in [4.69, 9.17) is 0 Å². The zero-order valence-electron chi connectivity index (χ0n) is 11.7. The van der Waals surface area contributed by atoms with Gasteiger partial charge >= 0.3 is 0 Å². The van der Waals surface area contributed by atoms with Gasteiger partial charge in [0.05, 0.1) is 0 Å². The molecule has 0 aliphatic carbocycles. The van der Waals surface area contributed by atoms with E-state index in [2.05, 4.69) is 38.0 Å². The van der Waals surface area contributed by atoms with Gasteiger partial charge in [-0.05, 0) is 50.9 Å². The molecule has 0 aromatic rings. The van der Waals surface area contributed by atoms with Gasteiger partial charge in [0, 0.05) is 6.54 Å². The van der Waals surface area contributed by atoms with Crippen LogP contribution in [0.15, 0.2) is 0 Å². The number of likely N-dealkylation sites (tertiary alicyclic amines) is 1. The lowest BCUT2D eigenvalue weighted by Crippen LogP contribution is -2.42. The maximum absolute atomic E-state index is 3.69. The SMILES string of the molecule is CCC(CC)CNCC1(C)CCN(C)CC1. The predicted molar refractivity (Wildman–Crippen MR) is 71.8 cm³/mol. The predicted octanol–water partition coefficient (Wildman–Crippen LogP) is 2.74. The molecule has 1 rings (SSSR count). The lowest BCUT2D eigenvalue weighted by Gasteiger charge is -2.38. The molecule has 0 unspecified atom stereocenters. The monoisotopic (exact) mass is 226 g/mol. The lowest BCUT2D eigenvalue weighted by atomic mass is 9.80. The Morgan fingerprint density at radius 1 is 1.19 bits per heavy atom. The van der Waals surface area contributed by atoms with Crippen LogP contribution >= 0.6 is 0 Å². The van der Waals surface area contributed by atoms with Gasteiger partial charge in [-0.2, -0.15) is 0 Å². The Bertz CT molecular complexity index is 179. The van der Waals surface area contributed by atoms with Crippen molar-refractivity contribution in [3.8, 4) is 0 Å². The summed E-state index contributed by atoms with van der Waals surface area (Å²) in [5, 5.41) is 3.69. The second-order valence-electron chi connectivity index (χ2n) is 5.93. The minimum Gasteiger partial charge on any atom is -0.316 e. The van der Waals surface area contributed by atoms with Crippen molar-refractivity contribution in [3.63, 3.8) is 0 Å². The Labute approximate surface area is 102 Å². The molecule has 2 nitrogen and oxygen atoms in total. The van der Waals surface area contributed by atoms with Crippen molar-refractivity contribution in [2.24, 2.45) is 11.3 Å². The maximum Gasteiger partial charge on any atom is 0.000623 e. The van der Waals surface area contributed by atoms with Crippen molar-refractivity contribution in [1.82, 2.24) is 10.2 Å². The zero-order valence-corrected chi connectivity index (χ0v) is 11.7. The van der Waals surface area contributed by atoms with Crippen LogP contribution in [0.25, 0.3) is 0 Å². The van der Waals surface area contributed by atoms with E-state index in [1.165, 1.54) is 51.9 Å². The van der Waals surface area contributed by atoms with Crippen LogP contribution in [0.4, 0.5) is 0 Å². The molecular weight excluding hydrogens is 196 g/mol. The minimum absolute atomic E-state index is 0.540. The molecule has 1 N–H and O–H groups in total. The molecule has 0 radical (unpaired) electrons. The summed E-state index contributed by atoms with van der Waals surface area (Å²) < 4.78 is 0. The molecule has 2 heteroatoms. The number of hydrogen-bond donors (Lipinski definition) is 1. The lowest BCUT2D eigenvalue weighted by molar-refractivity contribution is 0.135. The molecular formula is C14H30N2. The smallest absolute Gasteiger partial charge is 0.000623 e. The second-order valence-corrected chi connectivity index (χ2v) is 5.93. The highest BCUT2D eigenvalue weighted by Crippen LogP contribution is 2.29. The van der Waals surface area contributed by atoms with Gasteiger partial charge in [-0.25, -0.2) is 0 Å². The van der Waals surface area contributed by atoms with Gasteiger partial charge in [0.15, 0.2) is 0 Å². The first-order valence-corrected chi connectivity index (χ1v) is 6.99. The second kappa shape index (κ2) is 6.61. The molecule has 1 aliphatic rings. The third-order valence-electron chi connectivity index (χ3n) is 4.33. The van der Waals surface area contributed by atoms with Crippen LogP contribution in [0, 0.1) is 11.3 Å². The Hall–Kier alpha value is -0.0800. The summed E-state index contributed by atoms with van der Waals surface area (Å²) in [6, 6.07) is 0. The number of rotatable bonds is 6. The topological polar surface area (TPSA) is 15.3 Å². The van der Waals surface area contributed by atoms with Gasteiger partial charge in [-0.1, -0.05) is 33.6 Å². The molecule has 0 spiro atoms. The normalized spacial score (nSPS) is 21.6. The van der Waals surface area contributed by atoms with Gasteiger partial charge in [0.1, 0.15) is 0 Å². The van der Waals surface area contributed by atoms with E-state index in [1.54, 1.807) is 0 Å². The fourth-order valence-electron chi connectivity index (χ4n) is 2.49. The van der Waals surface area contributed by atoms with Crippen LogP contribution in [-0.2, 0) is 0 Å². The van der Waals surface area contributed by atoms with Crippen molar-refractivity contribution in [2.75, 3.05) is 33.2 Å². The Morgan fingerprint density at radius 2 is 1.75 bits per heavy atom. The molecule has 16 heavy (non-hydrogen) atoms. The molecule has 0 aromatic heterocycles. The molecule has 96 valence electrons. The summed E-state index contributed by atoms with van der Waals surface area (Å²) in [4.78, 5) is 2.45. The Balaban J connectivity index is 2.21. The standard InChI is InChI=1S/C14H30N2/c1-5-13(6-2)11-15-12-14(3)7-9-16(4)10-8-14/h13,15H,5-12H2,1-4H3. The molecule has 0 atom stereocenters. The van der Waals surface area contributed by atoms with Crippen LogP contribution in [0.1, 0.15) is 46.5 Å². The third-order valence-corrected chi connectivity index (χ3v) is 4.33. The van der Waals surface area contributed by atoms with E-state index >= 15 is 0 Å². The molecule has 1 aliphatic heterocycles. The fourth-order valence-corrected chi connectivity index (χ4v) is 2.49. The van der Waals surface area contributed by atoms with Crippen LogP contribution in [-0.4, -0.2) is 38.1 Å². The molecule has 0 amide bonds. The average Bonchev–Trinajstić information content (AvgIpc) is 2.29. The van der Waals surface area contributed by atoms with Gasteiger partial charge in [-0.15, -0.1) is 0 Å².